The average Bonchev–Trinajstić information content (AvgIpc) is 3.34. The van der Waals surface area contributed by atoms with Crippen LogP contribution in [0.3, 0.4) is 0 Å². The largest absolute Gasteiger partial charge is 0.372 e. The maximum absolute atomic E-state index is 12.7. The van der Waals surface area contributed by atoms with Gasteiger partial charge in [0.2, 0.25) is 5.91 Å². The first-order chi connectivity index (χ1) is 18.8. The average molecular weight is 541 g/mol. The van der Waals surface area contributed by atoms with Crippen LogP contribution >= 0.6 is 0 Å². The number of imidazole rings is 1. The lowest BCUT2D eigenvalue weighted by atomic mass is 10.1. The Morgan fingerprint density at radius 3 is 2.26 bits per heavy atom. The van der Waals surface area contributed by atoms with Crippen molar-refractivity contribution in [2.24, 2.45) is 19.8 Å². The third-order valence-corrected chi connectivity index (χ3v) is 7.22. The fraction of sp³-hybridized carbons (Fsp3) is 0.586. The number of benzene rings is 1. The van der Waals surface area contributed by atoms with Gasteiger partial charge in [-0.25, -0.2) is 9.78 Å². The summed E-state index contributed by atoms with van der Waals surface area (Å²) >= 11 is 0. The number of carbonyl (C=O) groups excluding carboxylic acids is 1. The van der Waals surface area contributed by atoms with Gasteiger partial charge in [-0.15, -0.1) is 0 Å². The molecule has 3 N–H and O–H groups in total. The topological polar surface area (TPSA) is 126 Å². The van der Waals surface area contributed by atoms with Gasteiger partial charge in [0.05, 0.1) is 19.0 Å². The molecule has 1 amide bonds. The molecule has 2 atom stereocenters. The number of aromatic nitrogens is 4. The number of amides is 1. The molecule has 3 rings (SSSR count). The van der Waals surface area contributed by atoms with E-state index in [0.29, 0.717) is 30.9 Å². The number of ether oxygens (including phenoxy) is 1. The van der Waals surface area contributed by atoms with Crippen LogP contribution in [-0.4, -0.2) is 43.3 Å². The summed E-state index contributed by atoms with van der Waals surface area (Å²) < 4.78 is 10.2. The number of nitrogens with zero attached hydrogens (tertiary/aromatic N) is 4. The highest BCUT2D eigenvalue weighted by Gasteiger charge is 2.21. The number of fused-ring (bicyclic) bond motifs is 1. The highest BCUT2D eigenvalue weighted by Crippen LogP contribution is 2.11. The van der Waals surface area contributed by atoms with Crippen LogP contribution in [0.2, 0.25) is 0 Å². The number of carbonyl (C=O) groups is 1. The Bertz CT molecular complexity index is 1300. The number of aryl methyl sites for hydroxylation is 2. The van der Waals surface area contributed by atoms with Crippen molar-refractivity contribution in [1.29, 1.82) is 0 Å². The SMILES string of the molecule is C[C@@H](OCc1ccccc1)C(N)C(=O)NCCCCCCCCCCCn1c(=O)c2c(ncn2C)n(C)c1=O. The Hall–Kier alpha value is -3.24. The van der Waals surface area contributed by atoms with Crippen molar-refractivity contribution in [1.82, 2.24) is 24.0 Å². The minimum atomic E-state index is -0.687. The minimum Gasteiger partial charge on any atom is -0.372 e. The molecule has 0 spiro atoms. The van der Waals surface area contributed by atoms with Crippen LogP contribution in [0, 0.1) is 0 Å². The van der Waals surface area contributed by atoms with Crippen molar-refractivity contribution in [2.45, 2.75) is 90.0 Å². The van der Waals surface area contributed by atoms with Crippen LogP contribution in [0.5, 0.6) is 0 Å². The van der Waals surface area contributed by atoms with Crippen LogP contribution in [0.25, 0.3) is 11.2 Å². The van der Waals surface area contributed by atoms with E-state index in [2.05, 4.69) is 10.3 Å². The summed E-state index contributed by atoms with van der Waals surface area (Å²) in [6.07, 6.45) is 10.7. The summed E-state index contributed by atoms with van der Waals surface area (Å²) in [4.78, 5) is 41.7. The molecule has 10 nitrogen and oxygen atoms in total. The summed E-state index contributed by atoms with van der Waals surface area (Å²) in [5, 5.41) is 2.93. The van der Waals surface area contributed by atoms with Crippen LogP contribution in [0.1, 0.15) is 70.3 Å². The molecule has 2 heterocycles. The van der Waals surface area contributed by atoms with Crippen molar-refractivity contribution in [3.05, 3.63) is 63.1 Å². The first-order valence-electron chi connectivity index (χ1n) is 14.1. The highest BCUT2D eigenvalue weighted by atomic mass is 16.5. The van der Waals surface area contributed by atoms with Gasteiger partial charge in [0.25, 0.3) is 5.56 Å². The Morgan fingerprint density at radius 1 is 0.974 bits per heavy atom. The summed E-state index contributed by atoms with van der Waals surface area (Å²) in [5.41, 5.74) is 7.42. The molecule has 214 valence electrons. The number of nitrogens with one attached hydrogen (secondary N) is 1. The predicted molar refractivity (Wildman–Crippen MR) is 153 cm³/mol. The Balaban J connectivity index is 1.20. The van der Waals surface area contributed by atoms with Gasteiger partial charge in [0.15, 0.2) is 11.2 Å². The van der Waals surface area contributed by atoms with E-state index in [1.807, 2.05) is 37.3 Å². The van der Waals surface area contributed by atoms with Gasteiger partial charge in [0.1, 0.15) is 6.04 Å². The Kier molecular flexibility index (Phi) is 11.9. The van der Waals surface area contributed by atoms with Crippen molar-refractivity contribution >= 4 is 17.1 Å². The van der Waals surface area contributed by atoms with E-state index >= 15 is 0 Å². The zero-order valence-electron chi connectivity index (χ0n) is 23.6. The van der Waals surface area contributed by atoms with E-state index in [0.717, 1.165) is 63.4 Å². The van der Waals surface area contributed by atoms with Gasteiger partial charge in [-0.1, -0.05) is 75.3 Å². The fourth-order valence-corrected chi connectivity index (χ4v) is 4.67. The normalized spacial score (nSPS) is 13.0. The lowest BCUT2D eigenvalue weighted by Gasteiger charge is -2.20. The molecule has 0 radical (unpaired) electrons. The molecule has 0 saturated carbocycles. The summed E-state index contributed by atoms with van der Waals surface area (Å²) in [6.45, 7) is 3.32. The molecule has 0 aliphatic heterocycles. The lowest BCUT2D eigenvalue weighted by Crippen LogP contribution is -2.48. The maximum atomic E-state index is 12.7. The summed E-state index contributed by atoms with van der Waals surface area (Å²) in [7, 11) is 3.42. The van der Waals surface area contributed by atoms with Crippen LogP contribution < -0.4 is 22.3 Å². The van der Waals surface area contributed by atoms with Gasteiger partial charge < -0.3 is 20.4 Å². The van der Waals surface area contributed by atoms with Crippen molar-refractivity contribution in [2.75, 3.05) is 6.54 Å². The quantitative estimate of drug-likeness (QED) is 0.254. The monoisotopic (exact) mass is 540 g/mol. The summed E-state index contributed by atoms with van der Waals surface area (Å²) in [5.74, 6) is -0.170. The predicted octanol–water partition coefficient (Wildman–Crippen LogP) is 2.99. The zero-order valence-corrected chi connectivity index (χ0v) is 23.6. The second-order valence-electron chi connectivity index (χ2n) is 10.3. The van der Waals surface area contributed by atoms with Gasteiger partial charge in [0, 0.05) is 27.2 Å². The number of hydrogen-bond acceptors (Lipinski definition) is 6. The van der Waals surface area contributed by atoms with Gasteiger partial charge in [-0.2, -0.15) is 0 Å². The molecular weight excluding hydrogens is 496 g/mol. The molecular formula is C29H44N6O4. The molecule has 3 aromatic rings. The van der Waals surface area contributed by atoms with Gasteiger partial charge in [-0.3, -0.25) is 18.7 Å². The van der Waals surface area contributed by atoms with Crippen LogP contribution in [0.15, 0.2) is 46.2 Å². The number of rotatable bonds is 17. The number of unbranched alkanes of at least 4 members (excludes halogenated alkanes) is 8. The fourth-order valence-electron chi connectivity index (χ4n) is 4.67. The summed E-state index contributed by atoms with van der Waals surface area (Å²) in [6, 6.07) is 9.15. The first-order valence-corrected chi connectivity index (χ1v) is 14.1. The minimum absolute atomic E-state index is 0.170. The molecule has 0 bridgehead atoms. The Labute approximate surface area is 230 Å². The molecule has 0 saturated heterocycles. The molecule has 1 unspecified atom stereocenters. The van der Waals surface area contributed by atoms with E-state index in [1.165, 1.54) is 9.13 Å². The first kappa shape index (κ1) is 30.3. The van der Waals surface area contributed by atoms with Gasteiger partial charge in [-0.05, 0) is 25.3 Å². The second kappa shape index (κ2) is 15.4. The molecule has 0 aliphatic rings. The molecule has 39 heavy (non-hydrogen) atoms. The van der Waals surface area contributed by atoms with Crippen LogP contribution in [-0.2, 0) is 36.8 Å². The smallest absolute Gasteiger partial charge is 0.332 e. The van der Waals surface area contributed by atoms with E-state index < -0.39 is 6.04 Å². The van der Waals surface area contributed by atoms with Crippen LogP contribution in [0.4, 0.5) is 0 Å². The van der Waals surface area contributed by atoms with Crippen molar-refractivity contribution < 1.29 is 9.53 Å². The molecule has 0 fully saturated rings. The lowest BCUT2D eigenvalue weighted by molar-refractivity contribution is -0.125. The second-order valence-corrected chi connectivity index (χ2v) is 10.3. The van der Waals surface area contributed by atoms with E-state index in [-0.39, 0.29) is 23.3 Å². The third-order valence-electron chi connectivity index (χ3n) is 7.22. The van der Waals surface area contributed by atoms with Crippen molar-refractivity contribution in [3.8, 4) is 0 Å². The van der Waals surface area contributed by atoms with E-state index in [1.54, 1.807) is 25.0 Å². The maximum Gasteiger partial charge on any atom is 0.332 e. The third kappa shape index (κ3) is 8.63. The molecule has 0 aliphatic carbocycles. The molecule has 10 heteroatoms. The number of nitrogens with two attached hydrogens (primary N) is 1. The zero-order chi connectivity index (χ0) is 28.2. The van der Waals surface area contributed by atoms with E-state index in [4.69, 9.17) is 10.5 Å². The molecule has 2 aromatic heterocycles. The number of hydrogen-bond donors (Lipinski definition) is 2. The molecule has 1 aromatic carbocycles. The Morgan fingerprint density at radius 2 is 1.59 bits per heavy atom. The standard InChI is InChI=1S/C29H44N6O4/c1-22(39-20-23-16-12-11-13-17-23)24(30)27(36)31-18-14-9-7-5-4-6-8-10-15-19-35-28(37)25-26(32-21-33(25)2)34(3)29(35)38/h11-13,16-17,21-22,24H,4-10,14-15,18-20,30H2,1-3H3,(H,31,36)/t22-,24?/m1/s1. The van der Waals surface area contributed by atoms with E-state index in [9.17, 15) is 14.4 Å². The van der Waals surface area contributed by atoms with Crippen molar-refractivity contribution in [3.63, 3.8) is 0 Å². The highest BCUT2D eigenvalue weighted by molar-refractivity contribution is 5.82. The van der Waals surface area contributed by atoms with Gasteiger partial charge >= 0.3 is 5.69 Å².